The van der Waals surface area contributed by atoms with Gasteiger partial charge in [-0.3, -0.25) is 0 Å². The van der Waals surface area contributed by atoms with Crippen LogP contribution in [-0.2, 0) is 0 Å². The van der Waals surface area contributed by atoms with Gasteiger partial charge in [0.25, 0.3) is 0 Å². The Kier molecular flexibility index (Phi) is 7.03. The van der Waals surface area contributed by atoms with Crippen molar-refractivity contribution in [2.75, 3.05) is 18.5 Å². The SMILES string of the molecule is O=C(N/N=C\c1ccc(OCCOc2ccccc2)cc1)Nc1ccccc1. The Morgan fingerprint density at radius 3 is 2.00 bits per heavy atom. The number of benzene rings is 3. The van der Waals surface area contributed by atoms with Gasteiger partial charge >= 0.3 is 6.03 Å². The average Bonchev–Trinajstić information content (AvgIpc) is 2.74. The van der Waals surface area contributed by atoms with Crippen molar-refractivity contribution < 1.29 is 14.3 Å². The molecule has 0 fully saturated rings. The molecule has 0 radical (unpaired) electrons. The minimum Gasteiger partial charge on any atom is -0.490 e. The smallest absolute Gasteiger partial charge is 0.339 e. The Labute approximate surface area is 163 Å². The Balaban J connectivity index is 1.37. The number of carbonyl (C=O) groups excluding carboxylic acids is 1. The monoisotopic (exact) mass is 375 g/mol. The van der Waals surface area contributed by atoms with E-state index in [1.807, 2.05) is 72.8 Å². The molecule has 2 amide bonds. The number of nitrogens with zero attached hydrogens (tertiary/aromatic N) is 1. The molecule has 0 bridgehead atoms. The number of rotatable bonds is 8. The zero-order valence-corrected chi connectivity index (χ0v) is 15.2. The first-order valence-electron chi connectivity index (χ1n) is 8.85. The Hall–Kier alpha value is -3.80. The molecule has 0 aliphatic rings. The van der Waals surface area contributed by atoms with E-state index in [2.05, 4.69) is 15.8 Å². The minimum absolute atomic E-state index is 0.402. The highest BCUT2D eigenvalue weighted by atomic mass is 16.5. The third-order valence-electron chi connectivity index (χ3n) is 3.66. The lowest BCUT2D eigenvalue weighted by atomic mass is 10.2. The van der Waals surface area contributed by atoms with Gasteiger partial charge in [0.1, 0.15) is 24.7 Å². The molecule has 6 heteroatoms. The standard InChI is InChI=1S/C22H21N3O3/c26-22(24-19-7-3-1-4-8-19)25-23-17-18-11-13-21(14-12-18)28-16-15-27-20-9-5-2-6-10-20/h1-14,17H,15-16H2,(H2,24,25,26)/b23-17-. The maximum atomic E-state index is 11.7. The van der Waals surface area contributed by atoms with Gasteiger partial charge in [0, 0.05) is 5.69 Å². The van der Waals surface area contributed by atoms with Gasteiger partial charge in [-0.25, -0.2) is 10.2 Å². The van der Waals surface area contributed by atoms with E-state index in [9.17, 15) is 4.79 Å². The normalized spacial score (nSPS) is 10.4. The van der Waals surface area contributed by atoms with Crippen LogP contribution in [0, 0.1) is 0 Å². The molecule has 6 nitrogen and oxygen atoms in total. The van der Waals surface area contributed by atoms with Crippen LogP contribution in [0.3, 0.4) is 0 Å². The lowest BCUT2D eigenvalue weighted by Gasteiger charge is -2.08. The van der Waals surface area contributed by atoms with E-state index in [-0.39, 0.29) is 0 Å². The van der Waals surface area contributed by atoms with Gasteiger partial charge in [-0.05, 0) is 54.1 Å². The first-order valence-corrected chi connectivity index (χ1v) is 8.85. The number of ether oxygens (including phenoxy) is 2. The van der Waals surface area contributed by atoms with Gasteiger partial charge in [-0.1, -0.05) is 36.4 Å². The van der Waals surface area contributed by atoms with Crippen LogP contribution in [0.5, 0.6) is 11.5 Å². The van der Waals surface area contributed by atoms with E-state index in [1.165, 1.54) is 0 Å². The second-order valence-corrected chi connectivity index (χ2v) is 5.77. The van der Waals surface area contributed by atoms with E-state index >= 15 is 0 Å². The molecule has 28 heavy (non-hydrogen) atoms. The van der Waals surface area contributed by atoms with Gasteiger partial charge in [-0.2, -0.15) is 5.10 Å². The van der Waals surface area contributed by atoms with Crippen LogP contribution in [0.4, 0.5) is 10.5 Å². The molecule has 2 N–H and O–H groups in total. The van der Waals surface area contributed by atoms with Gasteiger partial charge in [0.05, 0.1) is 6.21 Å². The third-order valence-corrected chi connectivity index (χ3v) is 3.66. The van der Waals surface area contributed by atoms with Crippen molar-refractivity contribution in [2.45, 2.75) is 0 Å². The summed E-state index contributed by atoms with van der Waals surface area (Å²) in [7, 11) is 0. The summed E-state index contributed by atoms with van der Waals surface area (Å²) in [6.45, 7) is 0.914. The number of anilines is 1. The Morgan fingerprint density at radius 1 is 0.786 bits per heavy atom. The molecule has 0 aromatic heterocycles. The molecule has 0 saturated carbocycles. The summed E-state index contributed by atoms with van der Waals surface area (Å²) in [6.07, 6.45) is 1.56. The molecule has 0 heterocycles. The fourth-order valence-electron chi connectivity index (χ4n) is 2.33. The number of carbonyl (C=O) groups is 1. The zero-order chi connectivity index (χ0) is 19.4. The average molecular weight is 375 g/mol. The van der Waals surface area contributed by atoms with E-state index in [0.29, 0.717) is 18.9 Å². The van der Waals surface area contributed by atoms with Crippen molar-refractivity contribution in [1.29, 1.82) is 0 Å². The molecule has 3 aromatic carbocycles. The fourth-order valence-corrected chi connectivity index (χ4v) is 2.33. The van der Waals surface area contributed by atoms with Gasteiger partial charge in [0.15, 0.2) is 0 Å². The molecule has 0 saturated heterocycles. The van der Waals surface area contributed by atoms with E-state index in [1.54, 1.807) is 18.3 Å². The number of amides is 2. The van der Waals surface area contributed by atoms with Crippen LogP contribution in [0.25, 0.3) is 0 Å². The van der Waals surface area contributed by atoms with E-state index in [0.717, 1.165) is 17.1 Å². The predicted octanol–water partition coefficient (Wildman–Crippen LogP) is 4.30. The molecule has 0 aliphatic carbocycles. The van der Waals surface area contributed by atoms with Gasteiger partial charge < -0.3 is 14.8 Å². The third kappa shape index (κ3) is 6.49. The van der Waals surface area contributed by atoms with Crippen molar-refractivity contribution in [3.63, 3.8) is 0 Å². The fraction of sp³-hybridized carbons (Fsp3) is 0.0909. The molecule has 0 spiro atoms. The number of hydrogen-bond acceptors (Lipinski definition) is 4. The maximum absolute atomic E-state index is 11.7. The number of urea groups is 1. The van der Waals surface area contributed by atoms with Crippen LogP contribution >= 0.6 is 0 Å². The van der Waals surface area contributed by atoms with Crippen molar-refractivity contribution in [1.82, 2.24) is 5.43 Å². The summed E-state index contributed by atoms with van der Waals surface area (Å²) < 4.78 is 11.2. The Morgan fingerprint density at radius 2 is 1.36 bits per heavy atom. The summed E-state index contributed by atoms with van der Waals surface area (Å²) in [5.74, 6) is 1.56. The second kappa shape index (κ2) is 10.4. The van der Waals surface area contributed by atoms with Gasteiger partial charge in [0.2, 0.25) is 0 Å². The van der Waals surface area contributed by atoms with Crippen molar-refractivity contribution in [3.8, 4) is 11.5 Å². The molecule has 0 aliphatic heterocycles. The number of hydrazone groups is 1. The number of nitrogens with one attached hydrogen (secondary N) is 2. The van der Waals surface area contributed by atoms with Crippen molar-refractivity contribution in [2.24, 2.45) is 5.10 Å². The highest BCUT2D eigenvalue weighted by Crippen LogP contribution is 2.12. The molecule has 3 aromatic rings. The second-order valence-electron chi connectivity index (χ2n) is 5.77. The first kappa shape index (κ1) is 19.0. The zero-order valence-electron chi connectivity index (χ0n) is 15.2. The topological polar surface area (TPSA) is 72.0 Å². The highest BCUT2D eigenvalue weighted by Gasteiger charge is 1.99. The Bertz CT molecular complexity index is 882. The summed E-state index contributed by atoms with van der Waals surface area (Å²) in [4.78, 5) is 11.7. The molecule has 0 unspecified atom stereocenters. The molecule has 0 atom stereocenters. The van der Waals surface area contributed by atoms with Crippen LogP contribution in [0.1, 0.15) is 5.56 Å². The van der Waals surface area contributed by atoms with E-state index < -0.39 is 6.03 Å². The van der Waals surface area contributed by atoms with Crippen molar-refractivity contribution >= 4 is 17.9 Å². The lowest BCUT2D eigenvalue weighted by Crippen LogP contribution is -2.24. The minimum atomic E-state index is -0.402. The van der Waals surface area contributed by atoms with E-state index in [4.69, 9.17) is 9.47 Å². The largest absolute Gasteiger partial charge is 0.490 e. The van der Waals surface area contributed by atoms with Crippen LogP contribution in [0.15, 0.2) is 90.0 Å². The first-order chi connectivity index (χ1) is 13.8. The van der Waals surface area contributed by atoms with Crippen LogP contribution in [0.2, 0.25) is 0 Å². The summed E-state index contributed by atoms with van der Waals surface area (Å²) in [5.41, 5.74) is 3.97. The predicted molar refractivity (Wildman–Crippen MR) is 110 cm³/mol. The van der Waals surface area contributed by atoms with Gasteiger partial charge in [-0.15, -0.1) is 0 Å². The highest BCUT2D eigenvalue weighted by molar-refractivity contribution is 5.90. The number of para-hydroxylation sites is 2. The molecule has 142 valence electrons. The summed E-state index contributed by atoms with van der Waals surface area (Å²) >= 11 is 0. The van der Waals surface area contributed by atoms with Crippen LogP contribution < -0.4 is 20.2 Å². The van der Waals surface area contributed by atoms with Crippen molar-refractivity contribution in [3.05, 3.63) is 90.5 Å². The van der Waals surface area contributed by atoms with Crippen LogP contribution in [-0.4, -0.2) is 25.5 Å². The summed E-state index contributed by atoms with van der Waals surface area (Å²) in [5, 5.41) is 6.61. The summed E-state index contributed by atoms with van der Waals surface area (Å²) in [6, 6.07) is 25.8. The lowest BCUT2D eigenvalue weighted by molar-refractivity contribution is 0.217. The maximum Gasteiger partial charge on any atom is 0.339 e. The molecule has 3 rings (SSSR count). The number of hydrogen-bond donors (Lipinski definition) is 2. The quantitative estimate of drug-likeness (QED) is 0.350. The molecular weight excluding hydrogens is 354 g/mol. The molecular formula is C22H21N3O3.